The number of benzene rings is 1. The third kappa shape index (κ3) is 4.03. The SMILES string of the molecule is C[C@H](N=C1NS(=O)(=O)c2ccccc21)C(=O)OCC(=O)Nc1sccc1C#N. The number of ether oxygens (including phenoxy) is 1. The number of esters is 1. The molecule has 0 aliphatic carbocycles. The fraction of sp³-hybridized carbons (Fsp3) is 0.176. The molecule has 0 saturated carbocycles. The van der Waals surface area contributed by atoms with E-state index in [-0.39, 0.29) is 10.7 Å². The van der Waals surface area contributed by atoms with Gasteiger partial charge in [0.25, 0.3) is 15.9 Å². The first kappa shape index (κ1) is 19.5. The average Bonchev–Trinajstić information content (AvgIpc) is 3.21. The molecule has 1 amide bonds. The van der Waals surface area contributed by atoms with Gasteiger partial charge in [-0.2, -0.15) is 5.26 Å². The highest BCUT2D eigenvalue weighted by Gasteiger charge is 2.31. The van der Waals surface area contributed by atoms with Gasteiger partial charge in [0, 0.05) is 5.56 Å². The smallest absolute Gasteiger partial charge is 0.331 e. The van der Waals surface area contributed by atoms with E-state index in [0.717, 1.165) is 0 Å². The Hall–Kier alpha value is -3.23. The molecule has 144 valence electrons. The minimum Gasteiger partial charge on any atom is -0.454 e. The molecule has 0 fully saturated rings. The molecule has 1 aliphatic rings. The van der Waals surface area contributed by atoms with E-state index in [1.165, 1.54) is 24.3 Å². The van der Waals surface area contributed by atoms with Gasteiger partial charge in [-0.3, -0.25) is 14.5 Å². The number of amidine groups is 1. The zero-order chi connectivity index (χ0) is 20.3. The van der Waals surface area contributed by atoms with E-state index in [9.17, 15) is 18.0 Å². The van der Waals surface area contributed by atoms with Gasteiger partial charge in [0.05, 0.1) is 10.5 Å². The average molecular weight is 418 g/mol. The van der Waals surface area contributed by atoms with Gasteiger partial charge in [-0.1, -0.05) is 12.1 Å². The molecule has 1 atom stereocenters. The minimum absolute atomic E-state index is 0.0433. The van der Waals surface area contributed by atoms with Crippen LogP contribution in [0.25, 0.3) is 0 Å². The van der Waals surface area contributed by atoms with Gasteiger partial charge in [0.2, 0.25) is 0 Å². The number of aliphatic imine (C=N–C) groups is 1. The van der Waals surface area contributed by atoms with E-state index < -0.39 is 34.5 Å². The van der Waals surface area contributed by atoms with Crippen molar-refractivity contribution in [1.82, 2.24) is 4.72 Å². The Bertz CT molecular complexity index is 1110. The molecule has 0 unspecified atom stereocenters. The molecule has 2 N–H and O–H groups in total. The highest BCUT2D eigenvalue weighted by molar-refractivity contribution is 7.90. The van der Waals surface area contributed by atoms with Crippen LogP contribution in [0, 0.1) is 11.3 Å². The van der Waals surface area contributed by atoms with Crippen LogP contribution < -0.4 is 10.0 Å². The first-order valence-electron chi connectivity index (χ1n) is 7.96. The Morgan fingerprint density at radius 3 is 2.86 bits per heavy atom. The predicted molar refractivity (Wildman–Crippen MR) is 101 cm³/mol. The lowest BCUT2D eigenvalue weighted by molar-refractivity contribution is -0.148. The summed E-state index contributed by atoms with van der Waals surface area (Å²) in [5.74, 6) is -1.35. The second-order valence-corrected chi connectivity index (χ2v) is 8.25. The Kier molecular flexibility index (Phi) is 5.43. The van der Waals surface area contributed by atoms with Gasteiger partial charge in [0.15, 0.2) is 6.61 Å². The largest absolute Gasteiger partial charge is 0.454 e. The monoisotopic (exact) mass is 418 g/mol. The number of anilines is 1. The number of nitrogens with one attached hydrogen (secondary N) is 2. The molecule has 9 nitrogen and oxygen atoms in total. The zero-order valence-corrected chi connectivity index (χ0v) is 16.1. The lowest BCUT2D eigenvalue weighted by atomic mass is 10.2. The topological polar surface area (TPSA) is 138 Å². The van der Waals surface area contributed by atoms with Crippen LogP contribution in [0.3, 0.4) is 0 Å². The first-order valence-corrected chi connectivity index (χ1v) is 10.3. The number of thiophene rings is 1. The van der Waals surface area contributed by atoms with Crippen LogP contribution in [0.15, 0.2) is 45.6 Å². The molecule has 2 heterocycles. The Morgan fingerprint density at radius 2 is 2.11 bits per heavy atom. The Labute approximate surface area is 164 Å². The summed E-state index contributed by atoms with van der Waals surface area (Å²) < 4.78 is 31.3. The number of fused-ring (bicyclic) bond motifs is 1. The number of rotatable bonds is 5. The Balaban J connectivity index is 1.62. The molecular weight excluding hydrogens is 404 g/mol. The molecule has 0 saturated heterocycles. The first-order chi connectivity index (χ1) is 13.3. The van der Waals surface area contributed by atoms with Crippen molar-refractivity contribution in [3.05, 3.63) is 46.8 Å². The van der Waals surface area contributed by atoms with Crippen LogP contribution in [0.2, 0.25) is 0 Å². The molecule has 3 rings (SSSR count). The molecule has 2 aromatic rings. The molecule has 11 heteroatoms. The molecule has 1 aromatic carbocycles. The highest BCUT2D eigenvalue weighted by atomic mass is 32.2. The standard InChI is InChI=1S/C17H14N4O5S2/c1-10(19-15-12-4-2-3-5-13(12)28(24,25)21-15)17(23)26-9-14(22)20-16-11(8-18)6-7-27-16/h2-7,10H,9H2,1H3,(H,19,21)(H,20,22)/t10-/m0/s1. The van der Waals surface area contributed by atoms with Crippen molar-refractivity contribution >= 4 is 44.1 Å². The van der Waals surface area contributed by atoms with E-state index >= 15 is 0 Å². The predicted octanol–water partition coefficient (Wildman–Crippen LogP) is 1.23. The summed E-state index contributed by atoms with van der Waals surface area (Å²) in [7, 11) is -3.71. The van der Waals surface area contributed by atoms with E-state index in [0.29, 0.717) is 16.1 Å². The molecule has 1 aliphatic heterocycles. The maximum absolute atomic E-state index is 12.1. The van der Waals surface area contributed by atoms with Crippen molar-refractivity contribution in [3.63, 3.8) is 0 Å². The molecule has 0 bridgehead atoms. The van der Waals surface area contributed by atoms with Crippen molar-refractivity contribution in [2.45, 2.75) is 17.9 Å². The summed E-state index contributed by atoms with van der Waals surface area (Å²) in [6.07, 6.45) is 0. The number of amides is 1. The van der Waals surface area contributed by atoms with Crippen LogP contribution >= 0.6 is 11.3 Å². The Morgan fingerprint density at radius 1 is 1.36 bits per heavy atom. The highest BCUT2D eigenvalue weighted by Crippen LogP contribution is 2.23. The van der Waals surface area contributed by atoms with E-state index in [2.05, 4.69) is 15.0 Å². The summed E-state index contributed by atoms with van der Waals surface area (Å²) in [5.41, 5.74) is 0.679. The fourth-order valence-electron chi connectivity index (χ4n) is 2.39. The van der Waals surface area contributed by atoms with Gasteiger partial charge >= 0.3 is 5.97 Å². The van der Waals surface area contributed by atoms with Crippen LogP contribution in [0.5, 0.6) is 0 Å². The van der Waals surface area contributed by atoms with Crippen LogP contribution in [-0.4, -0.2) is 38.8 Å². The molecule has 1 aromatic heterocycles. The van der Waals surface area contributed by atoms with Crippen LogP contribution in [-0.2, 0) is 24.3 Å². The van der Waals surface area contributed by atoms with Gasteiger partial charge in [0.1, 0.15) is 22.9 Å². The lowest BCUT2D eigenvalue weighted by Gasteiger charge is -2.09. The molecule has 0 radical (unpaired) electrons. The summed E-state index contributed by atoms with van der Waals surface area (Å²) >= 11 is 1.18. The summed E-state index contributed by atoms with van der Waals surface area (Å²) in [5, 5.41) is 13.4. The van der Waals surface area contributed by atoms with Crippen LogP contribution in [0.1, 0.15) is 18.1 Å². The van der Waals surface area contributed by atoms with Crippen molar-refractivity contribution in [1.29, 1.82) is 5.26 Å². The van der Waals surface area contributed by atoms with Gasteiger partial charge in [-0.25, -0.2) is 13.2 Å². The second kappa shape index (κ2) is 7.79. The van der Waals surface area contributed by atoms with Gasteiger partial charge in [-0.05, 0) is 30.5 Å². The number of nitriles is 1. The molecule has 28 heavy (non-hydrogen) atoms. The number of carbonyl (C=O) groups is 2. The van der Waals surface area contributed by atoms with E-state index in [1.54, 1.807) is 29.6 Å². The summed E-state index contributed by atoms with van der Waals surface area (Å²) in [4.78, 5) is 28.1. The summed E-state index contributed by atoms with van der Waals surface area (Å²) in [6, 6.07) is 8.72. The number of nitrogens with zero attached hydrogens (tertiary/aromatic N) is 2. The lowest BCUT2D eigenvalue weighted by Crippen LogP contribution is -2.28. The number of hydrogen-bond acceptors (Lipinski definition) is 8. The molecule has 0 spiro atoms. The van der Waals surface area contributed by atoms with Crippen LogP contribution in [0.4, 0.5) is 5.00 Å². The third-order valence-corrected chi connectivity index (χ3v) is 5.94. The normalized spacial score (nSPS) is 16.5. The maximum atomic E-state index is 12.1. The van der Waals surface area contributed by atoms with Crippen molar-refractivity contribution in [2.75, 3.05) is 11.9 Å². The van der Waals surface area contributed by atoms with E-state index in [1.807, 2.05) is 6.07 Å². The molecular formula is C17H14N4O5S2. The second-order valence-electron chi connectivity index (χ2n) is 5.69. The number of sulfonamides is 1. The van der Waals surface area contributed by atoms with Gasteiger partial charge in [-0.15, -0.1) is 11.3 Å². The van der Waals surface area contributed by atoms with Crippen molar-refractivity contribution in [2.24, 2.45) is 4.99 Å². The number of hydrogen-bond donors (Lipinski definition) is 2. The zero-order valence-electron chi connectivity index (χ0n) is 14.5. The third-order valence-electron chi connectivity index (χ3n) is 3.71. The number of carbonyl (C=O) groups excluding carboxylic acids is 2. The summed E-state index contributed by atoms with van der Waals surface area (Å²) in [6.45, 7) is 0.870. The van der Waals surface area contributed by atoms with Crippen molar-refractivity contribution in [3.8, 4) is 6.07 Å². The fourth-order valence-corrected chi connectivity index (χ4v) is 4.38. The minimum atomic E-state index is -3.71. The maximum Gasteiger partial charge on any atom is 0.331 e. The van der Waals surface area contributed by atoms with Crippen molar-refractivity contribution < 1.29 is 22.7 Å². The van der Waals surface area contributed by atoms with Gasteiger partial charge < -0.3 is 10.1 Å². The van der Waals surface area contributed by atoms with E-state index in [4.69, 9.17) is 10.00 Å². The quantitative estimate of drug-likeness (QED) is 0.701.